The third kappa shape index (κ3) is 5.02. The third-order valence-electron chi connectivity index (χ3n) is 4.09. The Morgan fingerprint density at radius 2 is 2.00 bits per heavy atom. The van der Waals surface area contributed by atoms with Crippen molar-refractivity contribution in [1.29, 1.82) is 0 Å². The molecule has 0 saturated carbocycles. The van der Waals surface area contributed by atoms with Crippen LogP contribution in [-0.2, 0) is 14.4 Å². The summed E-state index contributed by atoms with van der Waals surface area (Å²) >= 11 is 1.80. The molecule has 2 aliphatic rings. The van der Waals surface area contributed by atoms with Crippen molar-refractivity contribution in [3.8, 4) is 0 Å². The van der Waals surface area contributed by atoms with Crippen LogP contribution in [0.4, 0.5) is 4.79 Å². The number of carboxylic acids is 2. The minimum absolute atomic E-state index is 0.128. The molecule has 2 saturated heterocycles. The average Bonchev–Trinajstić information content (AvgIpc) is 3.02. The van der Waals surface area contributed by atoms with E-state index >= 15 is 0 Å². The zero-order chi connectivity index (χ0) is 17.7. The SMILES string of the molecule is O=C(O)C[C@H](NC(=O)CCCC[C@@H]1SC[C@@H]2NC(=O)N[C@@H]21)C(=O)O. The van der Waals surface area contributed by atoms with Gasteiger partial charge in [0.15, 0.2) is 0 Å². The number of carbonyl (C=O) groups is 4. The lowest BCUT2D eigenvalue weighted by molar-refractivity contribution is -0.147. The molecule has 2 fully saturated rings. The van der Waals surface area contributed by atoms with E-state index in [1.807, 2.05) is 0 Å². The Bertz CT molecular complexity index is 529. The molecular formula is C14H21N3O6S. The molecule has 0 unspecified atom stereocenters. The van der Waals surface area contributed by atoms with Crippen LogP contribution in [-0.4, -0.2) is 63.2 Å². The smallest absolute Gasteiger partial charge is 0.326 e. The molecule has 0 aromatic heterocycles. The first-order valence-electron chi connectivity index (χ1n) is 7.79. The van der Waals surface area contributed by atoms with Gasteiger partial charge in [-0.1, -0.05) is 6.42 Å². The van der Waals surface area contributed by atoms with Crippen molar-refractivity contribution in [2.24, 2.45) is 0 Å². The van der Waals surface area contributed by atoms with Crippen LogP contribution in [0.3, 0.4) is 0 Å². The summed E-state index contributed by atoms with van der Waals surface area (Å²) in [6, 6.07) is -1.24. The molecule has 0 aliphatic carbocycles. The lowest BCUT2D eigenvalue weighted by Gasteiger charge is -2.16. The number of hydrogen-bond donors (Lipinski definition) is 5. The summed E-state index contributed by atoms with van der Waals surface area (Å²) in [5.41, 5.74) is 0. The van der Waals surface area contributed by atoms with Gasteiger partial charge in [-0.25, -0.2) is 9.59 Å². The first kappa shape index (κ1) is 18.4. The second-order valence-electron chi connectivity index (χ2n) is 5.92. The molecule has 9 nitrogen and oxygen atoms in total. The fourth-order valence-electron chi connectivity index (χ4n) is 2.92. The van der Waals surface area contributed by atoms with Crippen LogP contribution in [0.5, 0.6) is 0 Å². The second kappa shape index (κ2) is 8.22. The summed E-state index contributed by atoms with van der Waals surface area (Å²) in [6.45, 7) is 0. The van der Waals surface area contributed by atoms with E-state index in [9.17, 15) is 19.2 Å². The number of aliphatic carboxylic acids is 2. The Morgan fingerprint density at radius 1 is 1.25 bits per heavy atom. The maximum Gasteiger partial charge on any atom is 0.326 e. The quantitative estimate of drug-likeness (QED) is 0.282. The molecule has 10 heteroatoms. The number of carboxylic acid groups (broad SMARTS) is 2. The highest BCUT2D eigenvalue weighted by molar-refractivity contribution is 8.00. The van der Waals surface area contributed by atoms with Crippen molar-refractivity contribution in [2.45, 2.75) is 55.5 Å². The van der Waals surface area contributed by atoms with Gasteiger partial charge in [0.1, 0.15) is 6.04 Å². The summed E-state index contributed by atoms with van der Waals surface area (Å²) in [5.74, 6) is -2.22. The fraction of sp³-hybridized carbons (Fsp3) is 0.714. The van der Waals surface area contributed by atoms with Gasteiger partial charge >= 0.3 is 18.0 Å². The topological polar surface area (TPSA) is 145 Å². The normalized spacial score (nSPS) is 26.2. The monoisotopic (exact) mass is 359 g/mol. The minimum atomic E-state index is -1.40. The van der Waals surface area contributed by atoms with Crippen LogP contribution in [0.1, 0.15) is 32.1 Å². The minimum Gasteiger partial charge on any atom is -0.481 e. The first-order valence-corrected chi connectivity index (χ1v) is 8.84. The Morgan fingerprint density at radius 3 is 2.67 bits per heavy atom. The predicted octanol–water partition coefficient (Wildman–Crippen LogP) is -0.244. The van der Waals surface area contributed by atoms with Gasteiger partial charge < -0.3 is 26.2 Å². The number of fused-ring (bicyclic) bond motifs is 1. The zero-order valence-corrected chi connectivity index (χ0v) is 13.8. The molecule has 4 atom stereocenters. The molecule has 0 aromatic rings. The van der Waals surface area contributed by atoms with E-state index in [1.54, 1.807) is 11.8 Å². The van der Waals surface area contributed by atoms with Crippen LogP contribution in [0.25, 0.3) is 0 Å². The average molecular weight is 359 g/mol. The Kier molecular flexibility index (Phi) is 6.29. The van der Waals surface area contributed by atoms with E-state index in [1.165, 1.54) is 0 Å². The van der Waals surface area contributed by atoms with E-state index < -0.39 is 30.3 Å². The fourth-order valence-corrected chi connectivity index (χ4v) is 4.46. The van der Waals surface area contributed by atoms with Crippen molar-refractivity contribution in [3.05, 3.63) is 0 Å². The van der Waals surface area contributed by atoms with E-state index in [4.69, 9.17) is 10.2 Å². The van der Waals surface area contributed by atoms with Crippen molar-refractivity contribution in [1.82, 2.24) is 16.0 Å². The number of amides is 3. The lowest BCUT2D eigenvalue weighted by Crippen LogP contribution is -2.42. The van der Waals surface area contributed by atoms with Gasteiger partial charge in [0.25, 0.3) is 0 Å². The van der Waals surface area contributed by atoms with E-state index in [2.05, 4.69) is 16.0 Å². The van der Waals surface area contributed by atoms with Gasteiger partial charge in [0.2, 0.25) is 5.91 Å². The zero-order valence-electron chi connectivity index (χ0n) is 13.0. The molecule has 0 aromatic carbocycles. The number of nitrogens with one attached hydrogen (secondary N) is 3. The van der Waals surface area contributed by atoms with Crippen LogP contribution in [0.15, 0.2) is 0 Å². The van der Waals surface area contributed by atoms with Crippen molar-refractivity contribution >= 4 is 35.6 Å². The lowest BCUT2D eigenvalue weighted by atomic mass is 10.0. The Balaban J connectivity index is 1.65. The van der Waals surface area contributed by atoms with Gasteiger partial charge in [-0.05, 0) is 12.8 Å². The molecule has 2 heterocycles. The van der Waals surface area contributed by atoms with Gasteiger partial charge in [0.05, 0.1) is 18.5 Å². The standard InChI is InChI=1S/C14H21N3O6S/c18-10(15-7(13(21)22)5-11(19)20)4-2-1-3-9-12-8(6-24-9)16-14(23)17-12/h7-9,12H,1-6H2,(H,15,18)(H,19,20)(H,21,22)(H2,16,17,23)/t7-,8-,9-,12-/m0/s1. The molecule has 134 valence electrons. The van der Waals surface area contributed by atoms with Gasteiger partial charge in [0, 0.05) is 17.4 Å². The number of hydrogen-bond acceptors (Lipinski definition) is 5. The molecule has 0 radical (unpaired) electrons. The molecule has 0 bridgehead atoms. The van der Waals surface area contributed by atoms with E-state index in [-0.39, 0.29) is 24.5 Å². The molecular weight excluding hydrogens is 338 g/mol. The molecule has 5 N–H and O–H groups in total. The highest BCUT2D eigenvalue weighted by atomic mass is 32.2. The number of rotatable bonds is 9. The van der Waals surface area contributed by atoms with E-state index in [0.717, 1.165) is 18.6 Å². The van der Waals surface area contributed by atoms with Crippen molar-refractivity contribution < 1.29 is 29.4 Å². The largest absolute Gasteiger partial charge is 0.481 e. The number of thioether (sulfide) groups is 1. The maximum absolute atomic E-state index is 11.7. The van der Waals surface area contributed by atoms with Crippen LogP contribution < -0.4 is 16.0 Å². The molecule has 3 amide bonds. The summed E-state index contributed by atoms with van der Waals surface area (Å²) in [6.07, 6.45) is 1.73. The Labute approximate surface area is 142 Å². The van der Waals surface area contributed by atoms with Crippen molar-refractivity contribution in [2.75, 3.05) is 5.75 Å². The van der Waals surface area contributed by atoms with Gasteiger partial charge in [-0.15, -0.1) is 0 Å². The second-order valence-corrected chi connectivity index (χ2v) is 7.20. The summed E-state index contributed by atoms with van der Waals surface area (Å²) in [5, 5.41) is 25.8. The van der Waals surface area contributed by atoms with Crippen LogP contribution in [0, 0.1) is 0 Å². The Hall–Kier alpha value is -1.97. The maximum atomic E-state index is 11.7. The summed E-state index contributed by atoms with van der Waals surface area (Å²) < 4.78 is 0. The highest BCUT2D eigenvalue weighted by Crippen LogP contribution is 2.33. The third-order valence-corrected chi connectivity index (χ3v) is 5.60. The van der Waals surface area contributed by atoms with Crippen LogP contribution in [0.2, 0.25) is 0 Å². The van der Waals surface area contributed by atoms with Crippen molar-refractivity contribution in [3.63, 3.8) is 0 Å². The van der Waals surface area contributed by atoms with Gasteiger partial charge in [-0.3, -0.25) is 9.59 Å². The summed E-state index contributed by atoms with van der Waals surface area (Å²) in [7, 11) is 0. The van der Waals surface area contributed by atoms with E-state index in [0.29, 0.717) is 11.7 Å². The number of unbranched alkanes of at least 4 members (excludes halogenated alkanes) is 1. The summed E-state index contributed by atoms with van der Waals surface area (Å²) in [4.78, 5) is 44.5. The van der Waals surface area contributed by atoms with Gasteiger partial charge in [-0.2, -0.15) is 11.8 Å². The molecule has 2 aliphatic heterocycles. The van der Waals surface area contributed by atoms with Crippen LogP contribution >= 0.6 is 11.8 Å². The number of carbonyl (C=O) groups excluding carboxylic acids is 2. The molecule has 0 spiro atoms. The predicted molar refractivity (Wildman–Crippen MR) is 85.8 cm³/mol. The highest BCUT2D eigenvalue weighted by Gasteiger charge is 2.42. The number of urea groups is 1. The molecule has 24 heavy (non-hydrogen) atoms. The first-order chi connectivity index (χ1) is 11.4. The molecule has 2 rings (SSSR count).